The molecule has 14 heavy (non-hydrogen) atoms. The third-order valence-corrected chi connectivity index (χ3v) is 1.13. The first-order valence-corrected chi connectivity index (χ1v) is 3.33. The average Bonchev–Trinajstić information content (AvgIpc) is 2.19. The molecule has 0 aromatic heterocycles. The predicted molar refractivity (Wildman–Crippen MR) is 48.9 cm³/mol. The molecule has 0 heterocycles. The van der Waals surface area contributed by atoms with Gasteiger partial charge in [0.15, 0.2) is 6.29 Å². The second-order valence-electron chi connectivity index (χ2n) is 1.93. The number of rotatable bonds is 1. The summed E-state index contributed by atoms with van der Waals surface area (Å²) in [6.07, 6.45) is 0.620. The van der Waals surface area contributed by atoms with Crippen molar-refractivity contribution in [3.63, 3.8) is 0 Å². The van der Waals surface area contributed by atoms with Crippen molar-refractivity contribution >= 4 is 18.0 Å². The van der Waals surface area contributed by atoms with Crippen LogP contribution in [0.25, 0.3) is 0 Å². The maximum atomic E-state index is 10.1. The summed E-state index contributed by atoms with van der Waals surface area (Å²) < 4.78 is 0. The van der Waals surface area contributed by atoms with Gasteiger partial charge in [0.2, 0.25) is 0 Å². The quantitative estimate of drug-likeness (QED) is 0.391. The van der Waals surface area contributed by atoms with Gasteiger partial charge in [0.05, 0.1) is 17.3 Å². The van der Waals surface area contributed by atoms with Gasteiger partial charge in [0.1, 0.15) is 5.75 Å². The van der Waals surface area contributed by atoms with Gasteiger partial charge in [-0.3, -0.25) is 4.79 Å². The van der Waals surface area contributed by atoms with Gasteiger partial charge in [-0.2, -0.15) is 0 Å². The van der Waals surface area contributed by atoms with Gasteiger partial charge in [-0.1, -0.05) is 12.1 Å². The molecule has 4 nitrogen and oxygen atoms in total. The summed E-state index contributed by atoms with van der Waals surface area (Å²) in [6, 6.07) is 6.40. The molecule has 0 aliphatic heterocycles. The first kappa shape index (κ1) is 14.9. The summed E-state index contributed by atoms with van der Waals surface area (Å²) in [5, 5.41) is 20.7. The number of nitrogens with one attached hydrogen (secondary N) is 2. The van der Waals surface area contributed by atoms with E-state index >= 15 is 0 Å². The van der Waals surface area contributed by atoms with Gasteiger partial charge in [0, 0.05) is 17.1 Å². The number of carbonyl (C=O) groups is 1. The molecule has 0 aliphatic carbocycles. The van der Waals surface area contributed by atoms with Crippen molar-refractivity contribution in [2.45, 2.75) is 0 Å². The van der Waals surface area contributed by atoms with Crippen LogP contribution < -0.4 is 0 Å². The van der Waals surface area contributed by atoms with Crippen molar-refractivity contribution in [1.29, 1.82) is 10.8 Å². The van der Waals surface area contributed by atoms with Crippen LogP contribution in [0, 0.1) is 10.8 Å². The van der Waals surface area contributed by atoms with E-state index in [-0.39, 0.29) is 22.8 Å². The Balaban J connectivity index is 0. The average molecular weight is 240 g/mol. The monoisotopic (exact) mass is 239 g/mol. The van der Waals surface area contributed by atoms with Crippen LogP contribution in [0.1, 0.15) is 10.4 Å². The van der Waals surface area contributed by atoms with Crippen LogP contribution in [-0.4, -0.2) is 23.1 Å². The van der Waals surface area contributed by atoms with Gasteiger partial charge in [0.25, 0.3) is 0 Å². The number of para-hydroxylation sites is 1. The summed E-state index contributed by atoms with van der Waals surface area (Å²) in [4.78, 5) is 10.1. The number of hydrogen-bond acceptors (Lipinski definition) is 4. The van der Waals surface area contributed by atoms with Gasteiger partial charge in [-0.15, -0.1) is 0 Å². The first-order valence-electron chi connectivity index (χ1n) is 3.33. The first-order chi connectivity index (χ1) is 6.26. The Bertz CT molecular complexity index is 346. The van der Waals surface area contributed by atoms with Crippen LogP contribution in [0.2, 0.25) is 0 Å². The predicted octanol–water partition coefficient (Wildman–Crippen LogP) is 1.24. The smallest absolute Gasteiger partial charge is 0.153 e. The molecule has 0 fully saturated rings. The van der Waals surface area contributed by atoms with E-state index in [4.69, 9.17) is 15.9 Å². The van der Waals surface area contributed by atoms with Crippen molar-refractivity contribution in [1.82, 2.24) is 0 Å². The van der Waals surface area contributed by atoms with Crippen molar-refractivity contribution in [2.24, 2.45) is 0 Å². The molecule has 0 spiro atoms. The Morgan fingerprint density at radius 1 is 1.21 bits per heavy atom. The molecule has 0 saturated carbocycles. The Kier molecular flexibility index (Phi) is 10.0. The molecule has 1 rings (SSSR count). The van der Waals surface area contributed by atoms with E-state index in [1.165, 1.54) is 6.07 Å². The summed E-state index contributed by atoms with van der Waals surface area (Å²) in [7, 11) is 0. The third-order valence-electron chi connectivity index (χ3n) is 1.13. The standard InChI is InChI=1S/C7H6O2.C2H2N2.Cu/c8-5-6-3-1-2-4-7(6)9;3-1-2-4;/h1-5,9H;3-4H;. The Morgan fingerprint density at radius 3 is 2.00 bits per heavy atom. The molecule has 77 valence electrons. The van der Waals surface area contributed by atoms with Gasteiger partial charge in [-0.05, 0) is 12.1 Å². The molecule has 0 amide bonds. The second kappa shape index (κ2) is 9.46. The molecule has 1 radical (unpaired) electrons. The number of hydrogen-bond donors (Lipinski definition) is 3. The van der Waals surface area contributed by atoms with Crippen LogP contribution in [0.5, 0.6) is 5.75 Å². The van der Waals surface area contributed by atoms with Crippen LogP contribution in [0.4, 0.5) is 0 Å². The molecule has 3 N–H and O–H groups in total. The van der Waals surface area contributed by atoms with E-state index in [2.05, 4.69) is 0 Å². The second-order valence-corrected chi connectivity index (χ2v) is 1.93. The van der Waals surface area contributed by atoms with Crippen LogP contribution in [-0.2, 0) is 17.1 Å². The summed E-state index contributed by atoms with van der Waals surface area (Å²) in [5.41, 5.74) is 0.331. The number of aromatic hydroxyl groups is 1. The van der Waals surface area contributed by atoms with E-state index in [0.29, 0.717) is 11.8 Å². The van der Waals surface area contributed by atoms with Crippen LogP contribution >= 0.6 is 0 Å². The minimum atomic E-state index is 0. The molecule has 0 atom stereocenters. The Morgan fingerprint density at radius 2 is 1.71 bits per heavy atom. The maximum absolute atomic E-state index is 10.1. The van der Waals surface area contributed by atoms with Crippen molar-refractivity contribution < 1.29 is 27.0 Å². The molecule has 1 aromatic carbocycles. The van der Waals surface area contributed by atoms with Crippen molar-refractivity contribution in [3.8, 4) is 5.75 Å². The van der Waals surface area contributed by atoms with E-state index in [1.54, 1.807) is 29.9 Å². The number of carbonyl (C=O) groups excluding carboxylic acids is 1. The zero-order valence-corrected chi connectivity index (χ0v) is 7.99. The van der Waals surface area contributed by atoms with E-state index in [0.717, 1.165) is 0 Å². The Labute approximate surface area is 91.8 Å². The fourth-order valence-corrected chi connectivity index (χ4v) is 0.587. The van der Waals surface area contributed by atoms with Crippen LogP contribution in [0.15, 0.2) is 24.3 Å². The third kappa shape index (κ3) is 5.95. The molecule has 0 saturated heterocycles. The number of phenols is 1. The van der Waals surface area contributed by atoms with Gasteiger partial charge in [-0.25, -0.2) is 10.8 Å². The van der Waals surface area contributed by atoms with Crippen molar-refractivity contribution in [2.75, 3.05) is 0 Å². The molecule has 0 bridgehead atoms. The SMILES string of the molecule is N=C=C=N.O=Cc1ccccc1O.[Cu]. The fraction of sp³-hybridized carbons (Fsp3) is 0. The molecule has 0 unspecified atom stereocenters. The molecular weight excluding hydrogens is 232 g/mol. The Hall–Kier alpha value is -1.63. The summed E-state index contributed by atoms with van der Waals surface area (Å²) in [5.74, 6) is 3.23. The van der Waals surface area contributed by atoms with Crippen molar-refractivity contribution in [3.05, 3.63) is 29.8 Å². The number of phenolic OH excluding ortho intramolecular Hbond substituents is 1. The fourth-order valence-electron chi connectivity index (χ4n) is 0.587. The van der Waals surface area contributed by atoms with E-state index in [9.17, 15) is 4.79 Å². The zero-order valence-electron chi connectivity index (χ0n) is 7.04. The largest absolute Gasteiger partial charge is 0.507 e. The van der Waals surface area contributed by atoms with E-state index in [1.807, 2.05) is 0 Å². The molecule has 0 aliphatic rings. The van der Waals surface area contributed by atoms with Crippen LogP contribution in [0.3, 0.4) is 0 Å². The maximum Gasteiger partial charge on any atom is 0.153 e. The summed E-state index contributed by atoms with van der Waals surface area (Å²) in [6.45, 7) is 0. The topological polar surface area (TPSA) is 85.0 Å². The van der Waals surface area contributed by atoms with Gasteiger partial charge < -0.3 is 5.11 Å². The molecular formula is C9H8CuN2O2. The minimum absolute atomic E-state index is 0. The zero-order chi connectivity index (χ0) is 10.1. The number of aldehydes is 1. The number of benzene rings is 1. The van der Waals surface area contributed by atoms with E-state index < -0.39 is 0 Å². The molecule has 5 heteroatoms. The summed E-state index contributed by atoms with van der Waals surface area (Å²) >= 11 is 0. The normalized spacial score (nSPS) is 6.57. The molecule has 1 aromatic rings. The van der Waals surface area contributed by atoms with Gasteiger partial charge >= 0.3 is 0 Å². The minimum Gasteiger partial charge on any atom is -0.507 e.